The Bertz CT molecular complexity index is 362. The fourth-order valence-corrected chi connectivity index (χ4v) is 2.53. The zero-order chi connectivity index (χ0) is 11.6. The summed E-state index contributed by atoms with van der Waals surface area (Å²) in [4.78, 5) is 18.4. The molecule has 88 valence electrons. The molecule has 2 rings (SSSR count). The first-order valence-electron chi connectivity index (χ1n) is 5.49. The van der Waals surface area contributed by atoms with Crippen molar-refractivity contribution >= 4 is 17.2 Å². The fourth-order valence-electron chi connectivity index (χ4n) is 1.94. The number of likely N-dealkylation sites (tertiary alicyclic amines) is 1. The number of aromatic nitrogens is 1. The van der Waals surface area contributed by atoms with E-state index in [0.717, 1.165) is 19.4 Å². The topological polar surface area (TPSA) is 53.4 Å². The normalized spacial score (nSPS) is 26.5. The van der Waals surface area contributed by atoms with Crippen molar-refractivity contribution < 1.29 is 9.90 Å². The first-order chi connectivity index (χ1) is 7.58. The molecular weight excluding hydrogens is 224 g/mol. The molecule has 0 radical (unpaired) electrons. The van der Waals surface area contributed by atoms with E-state index in [1.807, 2.05) is 11.8 Å². The molecule has 1 saturated heterocycles. The number of aliphatic hydroxyl groups is 1. The van der Waals surface area contributed by atoms with Gasteiger partial charge in [-0.1, -0.05) is 0 Å². The molecule has 0 aliphatic carbocycles. The summed E-state index contributed by atoms with van der Waals surface area (Å²) < 4.78 is 0. The van der Waals surface area contributed by atoms with Crippen LogP contribution in [0.25, 0.3) is 0 Å². The number of amides is 1. The quantitative estimate of drug-likeness (QED) is 0.809. The predicted molar refractivity (Wildman–Crippen MR) is 62.5 cm³/mol. The molecule has 0 spiro atoms. The smallest absolute Gasteiger partial charge is 0.265 e. The van der Waals surface area contributed by atoms with Crippen LogP contribution in [-0.2, 0) is 0 Å². The molecule has 1 fully saturated rings. The molecule has 1 amide bonds. The van der Waals surface area contributed by atoms with Crippen LogP contribution < -0.4 is 0 Å². The molecule has 5 heteroatoms. The molecular formula is C11H16N2O2S. The van der Waals surface area contributed by atoms with Crippen LogP contribution in [0.1, 0.15) is 35.9 Å². The van der Waals surface area contributed by atoms with Crippen LogP contribution in [-0.4, -0.2) is 39.6 Å². The maximum Gasteiger partial charge on any atom is 0.265 e. The van der Waals surface area contributed by atoms with Crippen LogP contribution in [0.15, 0.2) is 11.7 Å². The van der Waals surface area contributed by atoms with Crippen molar-refractivity contribution in [2.75, 3.05) is 13.1 Å². The zero-order valence-electron chi connectivity index (χ0n) is 9.35. The highest BCUT2D eigenvalue weighted by Gasteiger charge is 2.27. The summed E-state index contributed by atoms with van der Waals surface area (Å²) in [7, 11) is 0. The average Bonchev–Trinajstić information content (AvgIpc) is 2.69. The van der Waals surface area contributed by atoms with Gasteiger partial charge in [0, 0.05) is 13.1 Å². The Balaban J connectivity index is 2.03. The number of carbonyl (C=O) groups is 1. The lowest BCUT2D eigenvalue weighted by Crippen LogP contribution is -2.33. The molecule has 1 aliphatic heterocycles. The van der Waals surface area contributed by atoms with Gasteiger partial charge in [0.25, 0.3) is 5.91 Å². The zero-order valence-corrected chi connectivity index (χ0v) is 10.2. The van der Waals surface area contributed by atoms with E-state index in [9.17, 15) is 9.90 Å². The van der Waals surface area contributed by atoms with E-state index in [-0.39, 0.29) is 5.91 Å². The standard InChI is InChI=1S/C11H16N2O2S/c1-11(15)3-2-5-13(6-4-11)10(14)9-7-12-8-16-9/h7-8,15H,2-6H2,1H3. The van der Waals surface area contributed by atoms with Gasteiger partial charge in [-0.3, -0.25) is 9.78 Å². The number of thiazole rings is 1. The summed E-state index contributed by atoms with van der Waals surface area (Å²) in [5, 5.41) is 9.94. The van der Waals surface area contributed by atoms with E-state index in [0.29, 0.717) is 17.8 Å². The van der Waals surface area contributed by atoms with E-state index in [1.54, 1.807) is 11.7 Å². The third-order valence-corrected chi connectivity index (χ3v) is 3.76. The van der Waals surface area contributed by atoms with Crippen LogP contribution in [0.2, 0.25) is 0 Å². The molecule has 0 saturated carbocycles. The SMILES string of the molecule is CC1(O)CCCN(C(=O)c2cncs2)CC1. The first-order valence-corrected chi connectivity index (χ1v) is 6.37. The number of hydrogen-bond acceptors (Lipinski definition) is 4. The summed E-state index contributed by atoms with van der Waals surface area (Å²) in [6.07, 6.45) is 3.88. The highest BCUT2D eigenvalue weighted by Crippen LogP contribution is 2.22. The van der Waals surface area contributed by atoms with Crippen molar-refractivity contribution in [3.05, 3.63) is 16.6 Å². The van der Waals surface area contributed by atoms with Gasteiger partial charge in [-0.25, -0.2) is 0 Å². The third kappa shape index (κ3) is 2.59. The van der Waals surface area contributed by atoms with Crippen molar-refractivity contribution in [2.24, 2.45) is 0 Å². The molecule has 1 aromatic rings. The van der Waals surface area contributed by atoms with Gasteiger partial charge in [0.15, 0.2) is 0 Å². The maximum absolute atomic E-state index is 12.0. The van der Waals surface area contributed by atoms with E-state index in [1.165, 1.54) is 11.3 Å². The Morgan fingerprint density at radius 2 is 2.38 bits per heavy atom. The lowest BCUT2D eigenvalue weighted by atomic mass is 9.98. The number of carbonyl (C=O) groups excluding carboxylic acids is 1. The van der Waals surface area contributed by atoms with Crippen LogP contribution in [0.4, 0.5) is 0 Å². The molecule has 1 aliphatic rings. The summed E-state index contributed by atoms with van der Waals surface area (Å²) in [5.74, 6) is 0.0419. The Labute approximate surface area is 98.9 Å². The lowest BCUT2D eigenvalue weighted by Gasteiger charge is -2.22. The second kappa shape index (κ2) is 4.51. The second-order valence-corrected chi connectivity index (χ2v) is 5.39. The predicted octanol–water partition coefficient (Wildman–Crippen LogP) is 1.52. The first kappa shape index (κ1) is 11.5. The summed E-state index contributed by atoms with van der Waals surface area (Å²) in [6, 6.07) is 0. The van der Waals surface area contributed by atoms with Gasteiger partial charge in [-0.2, -0.15) is 0 Å². The Morgan fingerprint density at radius 1 is 1.56 bits per heavy atom. The van der Waals surface area contributed by atoms with Crippen molar-refractivity contribution in [1.29, 1.82) is 0 Å². The molecule has 16 heavy (non-hydrogen) atoms. The second-order valence-electron chi connectivity index (χ2n) is 4.51. The highest BCUT2D eigenvalue weighted by molar-refractivity contribution is 7.11. The van der Waals surface area contributed by atoms with E-state index >= 15 is 0 Å². The highest BCUT2D eigenvalue weighted by atomic mass is 32.1. The van der Waals surface area contributed by atoms with Crippen molar-refractivity contribution in [2.45, 2.75) is 31.8 Å². The third-order valence-electron chi connectivity index (χ3n) is 2.99. The Kier molecular flexibility index (Phi) is 3.25. The average molecular weight is 240 g/mol. The monoisotopic (exact) mass is 240 g/mol. The minimum atomic E-state index is -0.622. The van der Waals surface area contributed by atoms with Crippen molar-refractivity contribution in [3.63, 3.8) is 0 Å². The van der Waals surface area contributed by atoms with E-state index in [2.05, 4.69) is 4.98 Å². The largest absolute Gasteiger partial charge is 0.390 e. The van der Waals surface area contributed by atoms with E-state index in [4.69, 9.17) is 0 Å². The number of rotatable bonds is 1. The Morgan fingerprint density at radius 3 is 3.06 bits per heavy atom. The summed E-state index contributed by atoms with van der Waals surface area (Å²) in [6.45, 7) is 3.20. The minimum absolute atomic E-state index is 0.0419. The molecule has 1 N–H and O–H groups in total. The molecule has 4 nitrogen and oxygen atoms in total. The lowest BCUT2D eigenvalue weighted by molar-refractivity contribution is 0.0438. The molecule has 1 aromatic heterocycles. The molecule has 1 unspecified atom stereocenters. The Hall–Kier alpha value is -0.940. The molecule has 0 aromatic carbocycles. The van der Waals surface area contributed by atoms with Crippen LogP contribution in [0.5, 0.6) is 0 Å². The van der Waals surface area contributed by atoms with Gasteiger partial charge in [0.2, 0.25) is 0 Å². The van der Waals surface area contributed by atoms with Gasteiger partial charge < -0.3 is 10.0 Å². The van der Waals surface area contributed by atoms with Crippen LogP contribution in [0, 0.1) is 0 Å². The van der Waals surface area contributed by atoms with E-state index < -0.39 is 5.60 Å². The number of hydrogen-bond donors (Lipinski definition) is 1. The van der Waals surface area contributed by atoms with Gasteiger partial charge in [-0.15, -0.1) is 11.3 Å². The minimum Gasteiger partial charge on any atom is -0.390 e. The summed E-state index contributed by atoms with van der Waals surface area (Å²) >= 11 is 1.37. The van der Waals surface area contributed by atoms with Gasteiger partial charge >= 0.3 is 0 Å². The van der Waals surface area contributed by atoms with Crippen LogP contribution in [0.3, 0.4) is 0 Å². The summed E-state index contributed by atoms with van der Waals surface area (Å²) in [5.41, 5.74) is 1.05. The fraction of sp³-hybridized carbons (Fsp3) is 0.636. The maximum atomic E-state index is 12.0. The molecule has 0 bridgehead atoms. The molecule has 1 atom stereocenters. The van der Waals surface area contributed by atoms with Gasteiger partial charge in [0.1, 0.15) is 4.88 Å². The number of nitrogens with zero attached hydrogens (tertiary/aromatic N) is 2. The van der Waals surface area contributed by atoms with Crippen molar-refractivity contribution in [1.82, 2.24) is 9.88 Å². The van der Waals surface area contributed by atoms with Crippen molar-refractivity contribution in [3.8, 4) is 0 Å². The van der Waals surface area contributed by atoms with Crippen LogP contribution >= 0.6 is 11.3 Å². The van der Waals surface area contributed by atoms with Gasteiger partial charge in [0.05, 0.1) is 17.3 Å². The molecule has 2 heterocycles. The van der Waals surface area contributed by atoms with Gasteiger partial charge in [-0.05, 0) is 26.2 Å².